The SMILES string of the molecule is NCCc1ccc(O)c(Br)c1F. The minimum atomic E-state index is -0.430. The maximum absolute atomic E-state index is 13.2. The van der Waals surface area contributed by atoms with Crippen molar-refractivity contribution in [3.05, 3.63) is 28.0 Å². The van der Waals surface area contributed by atoms with Crippen molar-refractivity contribution in [3.63, 3.8) is 0 Å². The highest BCUT2D eigenvalue weighted by Crippen LogP contribution is 2.28. The zero-order chi connectivity index (χ0) is 9.14. The van der Waals surface area contributed by atoms with Crippen LogP contribution in [-0.4, -0.2) is 11.7 Å². The average Bonchev–Trinajstić information content (AvgIpc) is 2.07. The van der Waals surface area contributed by atoms with E-state index in [0.29, 0.717) is 18.5 Å². The third kappa shape index (κ3) is 1.76. The lowest BCUT2D eigenvalue weighted by Gasteiger charge is -2.04. The summed E-state index contributed by atoms with van der Waals surface area (Å²) in [6, 6.07) is 2.97. The highest BCUT2D eigenvalue weighted by molar-refractivity contribution is 9.10. The lowest BCUT2D eigenvalue weighted by molar-refractivity contribution is 0.462. The molecule has 1 aromatic carbocycles. The monoisotopic (exact) mass is 233 g/mol. The van der Waals surface area contributed by atoms with E-state index in [-0.39, 0.29) is 10.2 Å². The van der Waals surface area contributed by atoms with Gasteiger partial charge in [0.2, 0.25) is 0 Å². The number of rotatable bonds is 2. The predicted octanol–water partition coefficient (Wildman–Crippen LogP) is 1.79. The van der Waals surface area contributed by atoms with Crippen LogP contribution in [0.3, 0.4) is 0 Å². The van der Waals surface area contributed by atoms with Gasteiger partial charge in [0.05, 0.1) is 4.47 Å². The molecule has 0 unspecified atom stereocenters. The summed E-state index contributed by atoms with van der Waals surface area (Å²) in [5.41, 5.74) is 5.79. The number of hydrogen-bond donors (Lipinski definition) is 2. The molecule has 0 saturated heterocycles. The van der Waals surface area contributed by atoms with Gasteiger partial charge in [0, 0.05) is 0 Å². The van der Waals surface area contributed by atoms with Gasteiger partial charge in [-0.05, 0) is 40.5 Å². The van der Waals surface area contributed by atoms with Crippen molar-refractivity contribution in [2.24, 2.45) is 5.73 Å². The van der Waals surface area contributed by atoms with E-state index in [1.165, 1.54) is 12.1 Å². The maximum atomic E-state index is 13.2. The molecule has 0 heterocycles. The van der Waals surface area contributed by atoms with Gasteiger partial charge < -0.3 is 10.8 Å². The van der Waals surface area contributed by atoms with Gasteiger partial charge >= 0.3 is 0 Å². The number of nitrogens with two attached hydrogens (primary N) is 1. The fourth-order valence-electron chi connectivity index (χ4n) is 0.928. The van der Waals surface area contributed by atoms with E-state index in [9.17, 15) is 4.39 Å². The van der Waals surface area contributed by atoms with E-state index < -0.39 is 5.82 Å². The minimum absolute atomic E-state index is 0.0896. The first-order chi connectivity index (χ1) is 5.66. The smallest absolute Gasteiger partial charge is 0.144 e. The van der Waals surface area contributed by atoms with Crippen LogP contribution in [-0.2, 0) is 6.42 Å². The van der Waals surface area contributed by atoms with E-state index in [2.05, 4.69) is 15.9 Å². The van der Waals surface area contributed by atoms with Crippen molar-refractivity contribution in [1.82, 2.24) is 0 Å². The molecular weight excluding hydrogens is 225 g/mol. The van der Waals surface area contributed by atoms with Crippen molar-refractivity contribution in [2.75, 3.05) is 6.54 Å². The molecule has 0 bridgehead atoms. The summed E-state index contributed by atoms with van der Waals surface area (Å²) in [6.45, 7) is 0.397. The van der Waals surface area contributed by atoms with Crippen LogP contribution in [0.4, 0.5) is 4.39 Å². The van der Waals surface area contributed by atoms with Crippen LogP contribution in [0.15, 0.2) is 16.6 Å². The standard InChI is InChI=1S/C8H9BrFNO/c9-7-6(12)2-1-5(3-4-11)8(7)10/h1-2,12H,3-4,11H2. The maximum Gasteiger partial charge on any atom is 0.144 e. The third-order valence-corrected chi connectivity index (χ3v) is 2.31. The molecule has 0 atom stereocenters. The van der Waals surface area contributed by atoms with E-state index in [4.69, 9.17) is 10.8 Å². The van der Waals surface area contributed by atoms with Gasteiger partial charge in [-0.1, -0.05) is 6.07 Å². The molecule has 0 aromatic heterocycles. The molecule has 3 N–H and O–H groups in total. The fourth-order valence-corrected chi connectivity index (χ4v) is 1.31. The normalized spacial score (nSPS) is 10.2. The molecule has 0 aliphatic carbocycles. The topological polar surface area (TPSA) is 46.2 Å². The van der Waals surface area contributed by atoms with Crippen LogP contribution in [0, 0.1) is 5.82 Å². The molecule has 1 rings (SSSR count). The van der Waals surface area contributed by atoms with Gasteiger partial charge in [0.1, 0.15) is 11.6 Å². The van der Waals surface area contributed by atoms with Crippen LogP contribution in [0.25, 0.3) is 0 Å². The average molecular weight is 234 g/mol. The molecular formula is C8H9BrFNO. The molecule has 0 saturated carbocycles. The Hall–Kier alpha value is -0.610. The summed E-state index contributed by atoms with van der Waals surface area (Å²) in [4.78, 5) is 0. The lowest BCUT2D eigenvalue weighted by Crippen LogP contribution is -2.04. The zero-order valence-electron chi connectivity index (χ0n) is 6.35. The Morgan fingerprint density at radius 1 is 1.50 bits per heavy atom. The fraction of sp³-hybridized carbons (Fsp3) is 0.250. The van der Waals surface area contributed by atoms with Crippen molar-refractivity contribution < 1.29 is 9.50 Å². The predicted molar refractivity (Wildman–Crippen MR) is 48.5 cm³/mol. The molecule has 4 heteroatoms. The van der Waals surface area contributed by atoms with Crippen molar-refractivity contribution in [2.45, 2.75) is 6.42 Å². The summed E-state index contributed by atoms with van der Waals surface area (Å²) in [7, 11) is 0. The highest BCUT2D eigenvalue weighted by Gasteiger charge is 2.09. The summed E-state index contributed by atoms with van der Waals surface area (Å²) < 4.78 is 13.3. The number of halogens is 2. The molecule has 0 fully saturated rings. The third-order valence-electron chi connectivity index (χ3n) is 1.56. The first-order valence-electron chi connectivity index (χ1n) is 3.52. The van der Waals surface area contributed by atoms with E-state index in [0.717, 1.165) is 0 Å². The molecule has 2 nitrogen and oxygen atoms in total. The van der Waals surface area contributed by atoms with Gasteiger partial charge in [-0.2, -0.15) is 0 Å². The summed E-state index contributed by atoms with van der Waals surface area (Å²) in [5.74, 6) is -0.520. The Balaban J connectivity index is 3.08. The Labute approximate surface area is 78.3 Å². The van der Waals surface area contributed by atoms with Crippen LogP contribution in [0.1, 0.15) is 5.56 Å². The molecule has 0 aliphatic heterocycles. The largest absolute Gasteiger partial charge is 0.507 e. The van der Waals surface area contributed by atoms with Crippen LogP contribution >= 0.6 is 15.9 Å². The van der Waals surface area contributed by atoms with E-state index in [1.54, 1.807) is 0 Å². The van der Waals surface area contributed by atoms with Gasteiger partial charge in [0.25, 0.3) is 0 Å². The molecule has 0 amide bonds. The summed E-state index contributed by atoms with van der Waals surface area (Å²) >= 11 is 2.93. The second kappa shape index (κ2) is 3.87. The Morgan fingerprint density at radius 2 is 2.17 bits per heavy atom. The molecule has 0 spiro atoms. The summed E-state index contributed by atoms with van der Waals surface area (Å²) in [5, 5.41) is 9.07. The number of phenolic OH excluding ortho intramolecular Hbond substituents is 1. The van der Waals surface area contributed by atoms with Gasteiger partial charge in [0.15, 0.2) is 0 Å². The second-order valence-corrected chi connectivity index (χ2v) is 3.20. The molecule has 66 valence electrons. The van der Waals surface area contributed by atoms with E-state index in [1.807, 2.05) is 0 Å². The van der Waals surface area contributed by atoms with Crippen molar-refractivity contribution in [1.29, 1.82) is 0 Å². The quantitative estimate of drug-likeness (QED) is 0.819. The van der Waals surface area contributed by atoms with Crippen molar-refractivity contribution >= 4 is 15.9 Å². The second-order valence-electron chi connectivity index (χ2n) is 2.41. The number of benzene rings is 1. The number of aromatic hydroxyl groups is 1. The molecule has 12 heavy (non-hydrogen) atoms. The Bertz CT molecular complexity index is 291. The molecule has 1 aromatic rings. The van der Waals surface area contributed by atoms with Gasteiger partial charge in [-0.3, -0.25) is 0 Å². The van der Waals surface area contributed by atoms with Crippen LogP contribution < -0.4 is 5.73 Å². The molecule has 0 aliphatic rings. The van der Waals surface area contributed by atoms with E-state index >= 15 is 0 Å². The first-order valence-corrected chi connectivity index (χ1v) is 4.32. The zero-order valence-corrected chi connectivity index (χ0v) is 7.94. The van der Waals surface area contributed by atoms with Gasteiger partial charge in [-0.15, -0.1) is 0 Å². The van der Waals surface area contributed by atoms with Crippen molar-refractivity contribution in [3.8, 4) is 5.75 Å². The Morgan fingerprint density at radius 3 is 2.75 bits per heavy atom. The highest BCUT2D eigenvalue weighted by atomic mass is 79.9. The lowest BCUT2D eigenvalue weighted by atomic mass is 10.1. The van der Waals surface area contributed by atoms with Gasteiger partial charge in [-0.25, -0.2) is 4.39 Å². The Kier molecular flexibility index (Phi) is 3.05. The minimum Gasteiger partial charge on any atom is -0.507 e. The number of hydrogen-bond acceptors (Lipinski definition) is 2. The first kappa shape index (κ1) is 9.48. The van der Waals surface area contributed by atoms with Crippen LogP contribution in [0.2, 0.25) is 0 Å². The number of phenols is 1. The molecule has 0 radical (unpaired) electrons. The summed E-state index contributed by atoms with van der Waals surface area (Å²) in [6.07, 6.45) is 0.477. The van der Waals surface area contributed by atoms with Crippen LogP contribution in [0.5, 0.6) is 5.75 Å².